The molecule has 86 valence electrons. The van der Waals surface area contributed by atoms with Crippen molar-refractivity contribution in [2.75, 3.05) is 18.0 Å². The number of carbonyl (C=O) groups excluding carboxylic acids is 1. The fourth-order valence-corrected chi connectivity index (χ4v) is 2.16. The first-order valence-electron chi connectivity index (χ1n) is 5.62. The molecule has 3 heteroatoms. The third-order valence-corrected chi connectivity index (χ3v) is 3.18. The first-order chi connectivity index (χ1) is 7.58. The SMILES string of the molecule is Cc1ccc(F)cc1N1CCC(=O)C(C)C1. The van der Waals surface area contributed by atoms with E-state index < -0.39 is 0 Å². The van der Waals surface area contributed by atoms with Gasteiger partial charge in [0.15, 0.2) is 0 Å². The lowest BCUT2D eigenvalue weighted by atomic mass is 9.97. The number of halogens is 1. The first kappa shape index (κ1) is 11.1. The zero-order valence-electron chi connectivity index (χ0n) is 9.66. The smallest absolute Gasteiger partial charge is 0.139 e. The van der Waals surface area contributed by atoms with Crippen LogP contribution in [0.2, 0.25) is 0 Å². The van der Waals surface area contributed by atoms with E-state index >= 15 is 0 Å². The van der Waals surface area contributed by atoms with Crippen LogP contribution in [0.15, 0.2) is 18.2 Å². The molecule has 1 atom stereocenters. The number of benzene rings is 1. The monoisotopic (exact) mass is 221 g/mol. The maximum Gasteiger partial charge on any atom is 0.139 e. The maximum absolute atomic E-state index is 13.2. The average molecular weight is 221 g/mol. The molecular weight excluding hydrogens is 205 g/mol. The number of carbonyl (C=O) groups is 1. The standard InChI is InChI=1S/C13H16FNO/c1-9-3-4-11(14)7-12(9)15-6-5-13(16)10(2)8-15/h3-4,7,10H,5-6,8H2,1-2H3. The van der Waals surface area contributed by atoms with Crippen LogP contribution in [-0.2, 0) is 4.79 Å². The highest BCUT2D eigenvalue weighted by Gasteiger charge is 2.24. The Morgan fingerprint density at radius 1 is 1.44 bits per heavy atom. The van der Waals surface area contributed by atoms with E-state index in [2.05, 4.69) is 4.90 Å². The summed E-state index contributed by atoms with van der Waals surface area (Å²) in [5.74, 6) is 0.145. The van der Waals surface area contributed by atoms with Gasteiger partial charge in [-0.1, -0.05) is 13.0 Å². The van der Waals surface area contributed by atoms with Crippen LogP contribution in [0.4, 0.5) is 10.1 Å². The van der Waals surface area contributed by atoms with Crippen LogP contribution in [0.5, 0.6) is 0 Å². The molecule has 1 fully saturated rings. The van der Waals surface area contributed by atoms with E-state index in [1.807, 2.05) is 13.8 Å². The molecule has 1 aliphatic rings. The van der Waals surface area contributed by atoms with Crippen molar-refractivity contribution >= 4 is 11.5 Å². The first-order valence-corrected chi connectivity index (χ1v) is 5.62. The van der Waals surface area contributed by atoms with E-state index in [1.165, 1.54) is 6.07 Å². The summed E-state index contributed by atoms with van der Waals surface area (Å²) in [6.07, 6.45) is 0.567. The van der Waals surface area contributed by atoms with Crippen LogP contribution >= 0.6 is 0 Å². The predicted molar refractivity (Wildman–Crippen MR) is 62.1 cm³/mol. The van der Waals surface area contributed by atoms with Crippen molar-refractivity contribution in [3.63, 3.8) is 0 Å². The Morgan fingerprint density at radius 2 is 2.19 bits per heavy atom. The van der Waals surface area contributed by atoms with Crippen molar-refractivity contribution < 1.29 is 9.18 Å². The Balaban J connectivity index is 2.24. The number of rotatable bonds is 1. The second-order valence-electron chi connectivity index (χ2n) is 4.49. The number of piperidine rings is 1. The van der Waals surface area contributed by atoms with Crippen LogP contribution < -0.4 is 4.90 Å². The molecule has 1 heterocycles. The number of anilines is 1. The minimum Gasteiger partial charge on any atom is -0.370 e. The molecule has 2 nitrogen and oxygen atoms in total. The van der Waals surface area contributed by atoms with Gasteiger partial charge in [0.2, 0.25) is 0 Å². The molecule has 16 heavy (non-hydrogen) atoms. The largest absolute Gasteiger partial charge is 0.370 e. The molecule has 0 aromatic heterocycles. The molecule has 1 aromatic rings. The van der Waals surface area contributed by atoms with E-state index in [-0.39, 0.29) is 11.7 Å². The Hall–Kier alpha value is -1.38. The number of hydrogen-bond acceptors (Lipinski definition) is 2. The van der Waals surface area contributed by atoms with Crippen molar-refractivity contribution in [2.45, 2.75) is 20.3 Å². The van der Waals surface area contributed by atoms with Gasteiger partial charge in [0, 0.05) is 31.1 Å². The number of nitrogens with zero attached hydrogens (tertiary/aromatic N) is 1. The molecule has 0 saturated carbocycles. The summed E-state index contributed by atoms with van der Waals surface area (Å²) >= 11 is 0. The molecular formula is C13H16FNO. The minimum absolute atomic E-state index is 0.0522. The summed E-state index contributed by atoms with van der Waals surface area (Å²) in [6.45, 7) is 5.30. The highest BCUT2D eigenvalue weighted by Crippen LogP contribution is 2.25. The van der Waals surface area contributed by atoms with Gasteiger partial charge in [-0.3, -0.25) is 4.79 Å². The van der Waals surface area contributed by atoms with Gasteiger partial charge in [0.05, 0.1) is 0 Å². The van der Waals surface area contributed by atoms with E-state index in [1.54, 1.807) is 12.1 Å². The van der Waals surface area contributed by atoms with Crippen LogP contribution in [0.1, 0.15) is 18.9 Å². The van der Waals surface area contributed by atoms with Gasteiger partial charge in [-0.05, 0) is 24.6 Å². The van der Waals surface area contributed by atoms with E-state index in [9.17, 15) is 9.18 Å². The number of ketones is 1. The third kappa shape index (κ3) is 2.08. The molecule has 0 spiro atoms. The number of hydrogen-bond donors (Lipinski definition) is 0. The van der Waals surface area contributed by atoms with Crippen LogP contribution in [0.25, 0.3) is 0 Å². The molecule has 0 radical (unpaired) electrons. The van der Waals surface area contributed by atoms with Crippen molar-refractivity contribution in [2.24, 2.45) is 5.92 Å². The molecule has 1 unspecified atom stereocenters. The molecule has 1 aliphatic heterocycles. The quantitative estimate of drug-likeness (QED) is 0.726. The summed E-state index contributed by atoms with van der Waals surface area (Å²) in [5, 5.41) is 0. The summed E-state index contributed by atoms with van der Waals surface area (Å²) in [4.78, 5) is 13.5. The Morgan fingerprint density at radius 3 is 2.88 bits per heavy atom. The van der Waals surface area contributed by atoms with E-state index in [4.69, 9.17) is 0 Å². The van der Waals surface area contributed by atoms with Gasteiger partial charge in [-0.15, -0.1) is 0 Å². The Kier molecular flexibility index (Phi) is 2.95. The molecule has 0 N–H and O–H groups in total. The Labute approximate surface area is 95.1 Å². The van der Waals surface area contributed by atoms with Crippen molar-refractivity contribution in [1.29, 1.82) is 0 Å². The fourth-order valence-electron chi connectivity index (χ4n) is 2.16. The molecule has 0 amide bonds. The molecule has 2 rings (SSSR count). The highest BCUT2D eigenvalue weighted by atomic mass is 19.1. The molecule has 0 bridgehead atoms. The lowest BCUT2D eigenvalue weighted by molar-refractivity contribution is -0.122. The van der Waals surface area contributed by atoms with Gasteiger partial charge in [0.25, 0.3) is 0 Å². The van der Waals surface area contributed by atoms with Gasteiger partial charge < -0.3 is 4.90 Å². The summed E-state index contributed by atoms with van der Waals surface area (Å²) in [5.41, 5.74) is 1.97. The van der Waals surface area contributed by atoms with Gasteiger partial charge >= 0.3 is 0 Å². The lowest BCUT2D eigenvalue weighted by Crippen LogP contribution is -2.39. The predicted octanol–water partition coefficient (Wildman–Crippen LogP) is 2.55. The van der Waals surface area contributed by atoms with Gasteiger partial charge in [-0.2, -0.15) is 0 Å². The van der Waals surface area contributed by atoms with Crippen LogP contribution in [-0.4, -0.2) is 18.9 Å². The summed E-state index contributed by atoms with van der Waals surface area (Å²) < 4.78 is 13.2. The fraction of sp³-hybridized carbons (Fsp3) is 0.462. The molecule has 1 aromatic carbocycles. The van der Waals surface area contributed by atoms with Crippen molar-refractivity contribution in [3.05, 3.63) is 29.6 Å². The zero-order chi connectivity index (χ0) is 11.7. The molecule has 0 aliphatic carbocycles. The second kappa shape index (κ2) is 4.24. The van der Waals surface area contributed by atoms with Gasteiger partial charge in [0.1, 0.15) is 11.6 Å². The third-order valence-electron chi connectivity index (χ3n) is 3.18. The minimum atomic E-state index is -0.217. The van der Waals surface area contributed by atoms with Crippen LogP contribution in [0.3, 0.4) is 0 Å². The normalized spacial score (nSPS) is 21.3. The highest BCUT2D eigenvalue weighted by molar-refractivity contribution is 5.83. The lowest BCUT2D eigenvalue weighted by Gasteiger charge is -2.33. The van der Waals surface area contributed by atoms with E-state index in [0.29, 0.717) is 25.3 Å². The van der Waals surface area contributed by atoms with Crippen molar-refractivity contribution in [1.82, 2.24) is 0 Å². The second-order valence-corrected chi connectivity index (χ2v) is 4.49. The summed E-state index contributed by atoms with van der Waals surface area (Å²) in [6, 6.07) is 4.81. The topological polar surface area (TPSA) is 20.3 Å². The summed E-state index contributed by atoms with van der Waals surface area (Å²) in [7, 11) is 0. The maximum atomic E-state index is 13.2. The number of aryl methyl sites for hydroxylation is 1. The van der Waals surface area contributed by atoms with E-state index in [0.717, 1.165) is 11.3 Å². The van der Waals surface area contributed by atoms with Gasteiger partial charge in [-0.25, -0.2) is 4.39 Å². The molecule has 1 saturated heterocycles. The Bertz CT molecular complexity index is 416. The average Bonchev–Trinajstić information content (AvgIpc) is 2.26. The van der Waals surface area contributed by atoms with Crippen LogP contribution in [0, 0.1) is 18.7 Å². The zero-order valence-corrected chi connectivity index (χ0v) is 9.66. The number of Topliss-reactive ketones (excluding diaryl/α,β-unsaturated/α-hetero) is 1. The van der Waals surface area contributed by atoms with Crippen molar-refractivity contribution in [3.8, 4) is 0 Å².